The Bertz CT molecular complexity index is 774. The van der Waals surface area contributed by atoms with E-state index in [1.54, 1.807) is 12.1 Å². The number of carbonyl (C=O) groups is 2. The van der Waals surface area contributed by atoms with Crippen LogP contribution in [-0.4, -0.2) is 17.0 Å². The molecule has 0 atom stereocenters. The first-order chi connectivity index (χ1) is 10.8. The highest BCUT2D eigenvalue weighted by Crippen LogP contribution is 2.31. The maximum Gasteiger partial charge on any atom is 0.337 e. The van der Waals surface area contributed by atoms with Crippen LogP contribution in [0.3, 0.4) is 0 Å². The van der Waals surface area contributed by atoms with E-state index in [0.717, 1.165) is 0 Å². The Labute approximate surface area is 137 Å². The molecule has 0 radical (unpaired) electrons. The van der Waals surface area contributed by atoms with Crippen LogP contribution in [0.2, 0.25) is 5.02 Å². The van der Waals surface area contributed by atoms with Crippen molar-refractivity contribution in [1.29, 1.82) is 0 Å². The lowest BCUT2D eigenvalue weighted by Crippen LogP contribution is -2.15. The molecule has 0 bridgehead atoms. The number of carboxylic acid groups (broad SMARTS) is 1. The molecule has 23 heavy (non-hydrogen) atoms. The lowest BCUT2D eigenvalue weighted by Gasteiger charge is -2.14. The molecule has 1 amide bonds. The molecule has 0 aliphatic rings. The van der Waals surface area contributed by atoms with Gasteiger partial charge in [0.25, 0.3) is 5.91 Å². The average molecular weight is 336 g/mol. The normalized spacial score (nSPS) is 10.7. The van der Waals surface area contributed by atoms with Crippen LogP contribution in [0.25, 0.3) is 0 Å². The number of aromatic carboxylic acids is 1. The van der Waals surface area contributed by atoms with Crippen LogP contribution in [0.15, 0.2) is 36.4 Å². The Balaban J connectivity index is 2.42. The van der Waals surface area contributed by atoms with Crippen LogP contribution in [0.5, 0.6) is 0 Å². The van der Waals surface area contributed by atoms with E-state index in [0.29, 0.717) is 5.56 Å². The number of hydrogen-bond donors (Lipinski definition) is 2. The van der Waals surface area contributed by atoms with Crippen molar-refractivity contribution in [2.45, 2.75) is 19.8 Å². The van der Waals surface area contributed by atoms with Gasteiger partial charge in [0.15, 0.2) is 0 Å². The van der Waals surface area contributed by atoms with Crippen LogP contribution in [0.4, 0.5) is 10.1 Å². The van der Waals surface area contributed by atoms with Gasteiger partial charge in [0.05, 0.1) is 16.1 Å². The van der Waals surface area contributed by atoms with Crippen LogP contribution in [0, 0.1) is 5.82 Å². The summed E-state index contributed by atoms with van der Waals surface area (Å²) in [5.74, 6) is -2.54. The summed E-state index contributed by atoms with van der Waals surface area (Å²) in [6, 6.07) is 8.41. The molecule has 0 spiro atoms. The molecule has 0 saturated heterocycles. The predicted molar refractivity (Wildman–Crippen MR) is 86.9 cm³/mol. The number of hydrogen-bond acceptors (Lipinski definition) is 2. The Kier molecular flexibility index (Phi) is 5.01. The summed E-state index contributed by atoms with van der Waals surface area (Å²) >= 11 is 6.10. The van der Waals surface area contributed by atoms with E-state index in [4.69, 9.17) is 11.6 Å². The molecule has 0 saturated carbocycles. The van der Waals surface area contributed by atoms with Gasteiger partial charge in [-0.15, -0.1) is 0 Å². The molecule has 2 N–H and O–H groups in total. The number of nitrogens with one attached hydrogen (secondary N) is 1. The van der Waals surface area contributed by atoms with Crippen LogP contribution < -0.4 is 5.32 Å². The number of amides is 1. The van der Waals surface area contributed by atoms with Gasteiger partial charge in [0.1, 0.15) is 5.82 Å². The molecule has 2 rings (SSSR count). The number of halogens is 2. The van der Waals surface area contributed by atoms with E-state index in [9.17, 15) is 19.1 Å². The number of anilines is 1. The van der Waals surface area contributed by atoms with Gasteiger partial charge < -0.3 is 10.4 Å². The minimum Gasteiger partial charge on any atom is -0.478 e. The Hall–Kier alpha value is -2.40. The molecule has 0 unspecified atom stereocenters. The predicted octanol–water partition coefficient (Wildman–Crippen LogP) is 4.55. The summed E-state index contributed by atoms with van der Waals surface area (Å²) in [5, 5.41) is 11.9. The van der Waals surface area contributed by atoms with E-state index >= 15 is 0 Å². The minimum atomic E-state index is -1.20. The second-order valence-electron chi connectivity index (χ2n) is 5.32. The highest BCUT2D eigenvalue weighted by Gasteiger charge is 2.18. The van der Waals surface area contributed by atoms with Gasteiger partial charge in [0.2, 0.25) is 0 Å². The van der Waals surface area contributed by atoms with Gasteiger partial charge in [-0.1, -0.05) is 37.6 Å². The summed E-state index contributed by atoms with van der Waals surface area (Å²) < 4.78 is 13.6. The first kappa shape index (κ1) is 17.0. The SMILES string of the molecule is CC(C)c1cc(NC(=O)c2ccccc2F)cc(C(=O)O)c1Cl. The summed E-state index contributed by atoms with van der Waals surface area (Å²) in [7, 11) is 0. The van der Waals surface area contributed by atoms with E-state index in [2.05, 4.69) is 5.32 Å². The van der Waals surface area contributed by atoms with Crippen molar-refractivity contribution in [2.75, 3.05) is 5.32 Å². The fourth-order valence-electron chi connectivity index (χ4n) is 2.14. The van der Waals surface area contributed by atoms with E-state index in [-0.39, 0.29) is 27.8 Å². The maximum absolute atomic E-state index is 13.6. The molecule has 0 aromatic heterocycles. The van der Waals surface area contributed by atoms with E-state index in [1.165, 1.54) is 24.3 Å². The summed E-state index contributed by atoms with van der Waals surface area (Å²) in [6.45, 7) is 3.71. The first-order valence-electron chi connectivity index (χ1n) is 6.94. The zero-order chi connectivity index (χ0) is 17.1. The molecule has 2 aromatic carbocycles. The number of benzene rings is 2. The Morgan fingerprint density at radius 3 is 2.39 bits per heavy atom. The van der Waals surface area contributed by atoms with Crippen molar-refractivity contribution in [3.63, 3.8) is 0 Å². The van der Waals surface area contributed by atoms with Gasteiger partial charge in [-0.2, -0.15) is 0 Å². The summed E-state index contributed by atoms with van der Waals surface area (Å²) in [4.78, 5) is 23.5. The third-order valence-corrected chi connectivity index (χ3v) is 3.75. The van der Waals surface area contributed by atoms with Gasteiger partial charge >= 0.3 is 5.97 Å². The van der Waals surface area contributed by atoms with Crippen LogP contribution >= 0.6 is 11.6 Å². The second kappa shape index (κ2) is 6.79. The van der Waals surface area contributed by atoms with Gasteiger partial charge in [-0.05, 0) is 35.7 Å². The number of carboxylic acids is 1. The molecule has 0 aliphatic carbocycles. The zero-order valence-electron chi connectivity index (χ0n) is 12.6. The highest BCUT2D eigenvalue weighted by atomic mass is 35.5. The van der Waals surface area contributed by atoms with Gasteiger partial charge in [0, 0.05) is 5.69 Å². The van der Waals surface area contributed by atoms with Crippen LogP contribution in [-0.2, 0) is 0 Å². The fraction of sp³-hybridized carbons (Fsp3) is 0.176. The molecule has 6 heteroatoms. The zero-order valence-corrected chi connectivity index (χ0v) is 13.3. The van der Waals surface area contributed by atoms with Gasteiger partial charge in [-0.3, -0.25) is 4.79 Å². The van der Waals surface area contributed by atoms with Crippen molar-refractivity contribution in [2.24, 2.45) is 0 Å². The number of carbonyl (C=O) groups excluding carboxylic acids is 1. The van der Waals surface area contributed by atoms with E-state index in [1.807, 2.05) is 13.8 Å². The standard InChI is InChI=1S/C17H15ClFNO3/c1-9(2)12-7-10(8-13(15(12)18)17(22)23)20-16(21)11-5-3-4-6-14(11)19/h3-9H,1-2H3,(H,20,21)(H,22,23). The second-order valence-corrected chi connectivity index (χ2v) is 5.70. The van der Waals surface area contributed by atoms with Crippen LogP contribution in [0.1, 0.15) is 46.0 Å². The van der Waals surface area contributed by atoms with Gasteiger partial charge in [-0.25, -0.2) is 9.18 Å². The Morgan fingerprint density at radius 2 is 1.83 bits per heavy atom. The first-order valence-corrected chi connectivity index (χ1v) is 7.31. The van der Waals surface area contributed by atoms with Crippen molar-refractivity contribution >= 4 is 29.2 Å². The summed E-state index contributed by atoms with van der Waals surface area (Å²) in [5.41, 5.74) is 0.617. The van der Waals surface area contributed by atoms with Crippen molar-refractivity contribution in [3.05, 3.63) is 63.9 Å². The molecule has 4 nitrogen and oxygen atoms in total. The average Bonchev–Trinajstić information content (AvgIpc) is 2.48. The Morgan fingerprint density at radius 1 is 1.17 bits per heavy atom. The molecular weight excluding hydrogens is 321 g/mol. The van der Waals surface area contributed by atoms with Crippen molar-refractivity contribution < 1.29 is 19.1 Å². The topological polar surface area (TPSA) is 66.4 Å². The third-order valence-electron chi connectivity index (χ3n) is 3.33. The summed E-state index contributed by atoms with van der Waals surface area (Å²) in [6.07, 6.45) is 0. The highest BCUT2D eigenvalue weighted by molar-refractivity contribution is 6.34. The third kappa shape index (κ3) is 3.68. The molecule has 2 aromatic rings. The monoisotopic (exact) mass is 335 g/mol. The molecule has 120 valence electrons. The smallest absolute Gasteiger partial charge is 0.337 e. The molecular formula is C17H15ClFNO3. The van der Waals surface area contributed by atoms with Crippen molar-refractivity contribution in [3.8, 4) is 0 Å². The molecule has 0 aliphatic heterocycles. The fourth-order valence-corrected chi connectivity index (χ4v) is 2.55. The van der Waals surface area contributed by atoms with Crippen molar-refractivity contribution in [1.82, 2.24) is 0 Å². The quantitative estimate of drug-likeness (QED) is 0.861. The largest absolute Gasteiger partial charge is 0.478 e. The van der Waals surface area contributed by atoms with E-state index < -0.39 is 17.7 Å². The lowest BCUT2D eigenvalue weighted by atomic mass is 9.99. The molecule has 0 heterocycles. The number of rotatable bonds is 4. The molecule has 0 fully saturated rings. The minimum absolute atomic E-state index is 0.0362. The lowest BCUT2D eigenvalue weighted by molar-refractivity contribution is 0.0696. The maximum atomic E-state index is 13.6.